The molecule has 1 N–H and O–H groups in total. The highest BCUT2D eigenvalue weighted by atomic mass is 16.5. The first-order valence-corrected chi connectivity index (χ1v) is 4.32. The lowest BCUT2D eigenvalue weighted by Crippen LogP contribution is -1.86. The number of rotatable bonds is 3. The van der Waals surface area contributed by atoms with Gasteiger partial charge in [-0.05, 0) is 23.8 Å². The SMILES string of the molecule is CC#COc1ccc(/C=C/C(=O)O)cc1. The number of ether oxygens (including phenoxy) is 1. The Balaban J connectivity index is 2.70. The summed E-state index contributed by atoms with van der Waals surface area (Å²) in [6.45, 7) is 1.68. The summed E-state index contributed by atoms with van der Waals surface area (Å²) in [5.74, 6) is 2.28. The van der Waals surface area contributed by atoms with Crippen molar-refractivity contribution < 1.29 is 14.6 Å². The van der Waals surface area contributed by atoms with Crippen molar-refractivity contribution in [3.05, 3.63) is 35.9 Å². The van der Waals surface area contributed by atoms with Crippen LogP contribution in [0.25, 0.3) is 6.08 Å². The maximum atomic E-state index is 10.3. The van der Waals surface area contributed by atoms with E-state index >= 15 is 0 Å². The average molecular weight is 202 g/mol. The summed E-state index contributed by atoms with van der Waals surface area (Å²) < 4.78 is 5.03. The molecule has 0 saturated heterocycles. The third-order valence-electron chi connectivity index (χ3n) is 1.57. The summed E-state index contributed by atoms with van der Waals surface area (Å²) in [5, 5.41) is 8.42. The summed E-state index contributed by atoms with van der Waals surface area (Å²) in [7, 11) is 0. The maximum absolute atomic E-state index is 10.3. The summed E-state index contributed by atoms with van der Waals surface area (Å²) in [4.78, 5) is 10.3. The largest absolute Gasteiger partial charge is 0.478 e. The Hall–Kier alpha value is -2.21. The van der Waals surface area contributed by atoms with Crippen LogP contribution in [0.3, 0.4) is 0 Å². The predicted octanol–water partition coefficient (Wildman–Crippen LogP) is 2.14. The molecule has 0 radical (unpaired) electrons. The lowest BCUT2D eigenvalue weighted by molar-refractivity contribution is -0.131. The van der Waals surface area contributed by atoms with E-state index in [0.29, 0.717) is 5.75 Å². The van der Waals surface area contributed by atoms with E-state index in [9.17, 15) is 4.79 Å². The van der Waals surface area contributed by atoms with Gasteiger partial charge in [0.2, 0.25) is 0 Å². The van der Waals surface area contributed by atoms with Gasteiger partial charge in [-0.2, -0.15) is 0 Å². The van der Waals surface area contributed by atoms with Gasteiger partial charge in [0.05, 0.1) is 0 Å². The lowest BCUT2D eigenvalue weighted by Gasteiger charge is -1.97. The van der Waals surface area contributed by atoms with Gasteiger partial charge in [-0.3, -0.25) is 0 Å². The first-order chi connectivity index (χ1) is 7.22. The summed E-state index contributed by atoms with van der Waals surface area (Å²) in [5.41, 5.74) is 0.800. The topological polar surface area (TPSA) is 46.5 Å². The first kappa shape index (κ1) is 10.9. The number of aliphatic carboxylic acids is 1. The lowest BCUT2D eigenvalue weighted by atomic mass is 10.2. The number of hydrogen-bond donors (Lipinski definition) is 1. The van der Waals surface area contributed by atoms with Crippen LogP contribution < -0.4 is 4.74 Å². The molecule has 3 nitrogen and oxygen atoms in total. The van der Waals surface area contributed by atoms with Crippen LogP contribution in [0.5, 0.6) is 5.75 Å². The fourth-order valence-corrected chi connectivity index (χ4v) is 0.924. The molecule has 0 aliphatic carbocycles. The molecular formula is C12H10O3. The summed E-state index contributed by atoms with van der Waals surface area (Å²) >= 11 is 0. The van der Waals surface area contributed by atoms with Crippen LogP contribution in [0, 0.1) is 12.0 Å². The second kappa shape index (κ2) is 5.51. The van der Waals surface area contributed by atoms with E-state index in [0.717, 1.165) is 11.6 Å². The fraction of sp³-hybridized carbons (Fsp3) is 0.0833. The molecule has 0 aliphatic heterocycles. The van der Waals surface area contributed by atoms with Gasteiger partial charge in [-0.25, -0.2) is 4.79 Å². The Labute approximate surface area is 88.0 Å². The highest BCUT2D eigenvalue weighted by Gasteiger charge is 1.92. The predicted molar refractivity (Wildman–Crippen MR) is 57.2 cm³/mol. The van der Waals surface area contributed by atoms with Crippen LogP contribution in [0.15, 0.2) is 30.3 Å². The molecular weight excluding hydrogens is 192 g/mol. The van der Waals surface area contributed by atoms with Gasteiger partial charge in [0, 0.05) is 13.0 Å². The zero-order valence-corrected chi connectivity index (χ0v) is 8.23. The molecule has 3 heteroatoms. The fourth-order valence-electron chi connectivity index (χ4n) is 0.924. The van der Waals surface area contributed by atoms with Crippen molar-refractivity contribution >= 4 is 12.0 Å². The minimum atomic E-state index is -0.966. The van der Waals surface area contributed by atoms with Crippen LogP contribution in [0.4, 0.5) is 0 Å². The standard InChI is InChI=1S/C12H10O3/c1-2-9-15-11-6-3-10(4-7-11)5-8-12(13)14/h3-8H,1H3,(H,13,14)/b8-5+. The number of carbonyl (C=O) groups is 1. The van der Waals surface area contributed by atoms with Gasteiger partial charge in [0.1, 0.15) is 11.9 Å². The van der Waals surface area contributed by atoms with E-state index in [-0.39, 0.29) is 0 Å². The second-order valence-corrected chi connectivity index (χ2v) is 2.69. The molecule has 1 aromatic rings. The molecule has 0 aliphatic rings. The average Bonchev–Trinajstić information content (AvgIpc) is 2.25. The highest BCUT2D eigenvalue weighted by Crippen LogP contribution is 2.12. The normalized spacial score (nSPS) is 9.40. The zero-order chi connectivity index (χ0) is 11.1. The maximum Gasteiger partial charge on any atom is 0.328 e. The van der Waals surface area contributed by atoms with Gasteiger partial charge in [-0.15, -0.1) is 0 Å². The number of carboxylic acids is 1. The number of hydrogen-bond acceptors (Lipinski definition) is 2. The Morgan fingerprint density at radius 2 is 2.07 bits per heavy atom. The van der Waals surface area contributed by atoms with Crippen molar-refractivity contribution in [2.45, 2.75) is 6.92 Å². The monoisotopic (exact) mass is 202 g/mol. The minimum absolute atomic E-state index is 0.636. The molecule has 0 amide bonds. The molecule has 0 atom stereocenters. The van der Waals surface area contributed by atoms with Gasteiger partial charge in [-0.1, -0.05) is 18.1 Å². The van der Waals surface area contributed by atoms with Gasteiger partial charge in [0.25, 0.3) is 0 Å². The third-order valence-corrected chi connectivity index (χ3v) is 1.57. The molecule has 15 heavy (non-hydrogen) atoms. The molecule has 0 unspecified atom stereocenters. The Kier molecular flexibility index (Phi) is 3.99. The van der Waals surface area contributed by atoms with Crippen molar-refractivity contribution in [3.8, 4) is 17.8 Å². The first-order valence-electron chi connectivity index (χ1n) is 4.32. The van der Waals surface area contributed by atoms with Crippen LogP contribution in [0.1, 0.15) is 12.5 Å². The molecule has 1 rings (SSSR count). The van der Waals surface area contributed by atoms with E-state index in [4.69, 9.17) is 9.84 Å². The second-order valence-electron chi connectivity index (χ2n) is 2.69. The van der Waals surface area contributed by atoms with Gasteiger partial charge >= 0.3 is 5.97 Å². The molecule has 0 fully saturated rings. The molecule has 0 bridgehead atoms. The summed E-state index contributed by atoms with van der Waals surface area (Å²) in [6, 6.07) is 6.97. The third kappa shape index (κ3) is 4.01. The highest BCUT2D eigenvalue weighted by molar-refractivity contribution is 5.85. The molecule has 0 saturated carbocycles. The number of benzene rings is 1. The molecule has 0 spiro atoms. The Morgan fingerprint density at radius 1 is 1.40 bits per heavy atom. The quantitative estimate of drug-likeness (QED) is 0.603. The van der Waals surface area contributed by atoms with Crippen molar-refractivity contribution in [3.63, 3.8) is 0 Å². The van der Waals surface area contributed by atoms with E-state index < -0.39 is 5.97 Å². The van der Waals surface area contributed by atoms with Crippen molar-refractivity contribution in [2.75, 3.05) is 0 Å². The van der Waals surface area contributed by atoms with Crippen LogP contribution in [0.2, 0.25) is 0 Å². The van der Waals surface area contributed by atoms with Gasteiger partial charge < -0.3 is 9.84 Å². The van der Waals surface area contributed by atoms with Crippen LogP contribution in [-0.2, 0) is 4.79 Å². The van der Waals surface area contributed by atoms with Gasteiger partial charge in [0.15, 0.2) is 0 Å². The molecule has 1 aromatic carbocycles. The molecule has 76 valence electrons. The van der Waals surface area contributed by atoms with E-state index in [1.165, 1.54) is 6.08 Å². The number of carboxylic acid groups (broad SMARTS) is 1. The van der Waals surface area contributed by atoms with E-state index in [1.54, 1.807) is 31.2 Å². The Bertz CT molecular complexity index is 418. The van der Waals surface area contributed by atoms with E-state index in [2.05, 4.69) is 12.0 Å². The van der Waals surface area contributed by atoms with Crippen LogP contribution >= 0.6 is 0 Å². The minimum Gasteiger partial charge on any atom is -0.478 e. The van der Waals surface area contributed by atoms with E-state index in [1.807, 2.05) is 0 Å². The summed E-state index contributed by atoms with van der Waals surface area (Å²) in [6.07, 6.45) is 5.07. The zero-order valence-electron chi connectivity index (χ0n) is 8.23. The molecule has 0 heterocycles. The smallest absolute Gasteiger partial charge is 0.328 e. The Morgan fingerprint density at radius 3 is 2.60 bits per heavy atom. The molecule has 0 aromatic heterocycles. The van der Waals surface area contributed by atoms with Crippen molar-refractivity contribution in [1.29, 1.82) is 0 Å². The van der Waals surface area contributed by atoms with Crippen molar-refractivity contribution in [1.82, 2.24) is 0 Å². The van der Waals surface area contributed by atoms with Crippen LogP contribution in [-0.4, -0.2) is 11.1 Å². The van der Waals surface area contributed by atoms with Crippen molar-refractivity contribution in [2.24, 2.45) is 0 Å².